The molecule has 24 heavy (non-hydrogen) atoms. The Hall–Kier alpha value is -1.75. The van der Waals surface area contributed by atoms with Gasteiger partial charge in [-0.1, -0.05) is 36.7 Å². The van der Waals surface area contributed by atoms with Gasteiger partial charge in [-0.05, 0) is 50.7 Å². The van der Waals surface area contributed by atoms with E-state index in [0.29, 0.717) is 5.02 Å². The largest absolute Gasteiger partial charge is 0.480 e. The number of hydrogen-bond acceptors (Lipinski definition) is 3. The minimum atomic E-state index is -1.10. The number of benzene rings is 1. The molecule has 6 heteroatoms. The van der Waals surface area contributed by atoms with Crippen molar-refractivity contribution in [3.8, 4) is 0 Å². The van der Waals surface area contributed by atoms with Crippen LogP contribution in [0.5, 0.6) is 0 Å². The number of carbonyl (C=O) groups is 2. The first-order valence-corrected chi connectivity index (χ1v) is 8.38. The van der Waals surface area contributed by atoms with Crippen LogP contribution in [-0.2, 0) is 9.53 Å². The molecule has 0 saturated heterocycles. The van der Waals surface area contributed by atoms with Gasteiger partial charge in [-0.25, -0.2) is 9.59 Å². The van der Waals surface area contributed by atoms with Gasteiger partial charge < -0.3 is 15.2 Å². The van der Waals surface area contributed by atoms with E-state index in [9.17, 15) is 14.7 Å². The molecule has 1 saturated carbocycles. The van der Waals surface area contributed by atoms with Crippen molar-refractivity contribution in [1.29, 1.82) is 0 Å². The van der Waals surface area contributed by atoms with Crippen molar-refractivity contribution in [3.05, 3.63) is 34.9 Å². The number of carboxylic acids is 1. The van der Waals surface area contributed by atoms with Crippen LogP contribution >= 0.6 is 11.6 Å². The fourth-order valence-corrected chi connectivity index (χ4v) is 3.17. The Morgan fingerprint density at radius 2 is 1.88 bits per heavy atom. The van der Waals surface area contributed by atoms with E-state index in [2.05, 4.69) is 5.32 Å². The van der Waals surface area contributed by atoms with Crippen molar-refractivity contribution in [2.75, 3.05) is 0 Å². The monoisotopic (exact) mass is 353 g/mol. The molecule has 0 bridgehead atoms. The summed E-state index contributed by atoms with van der Waals surface area (Å²) >= 11 is 6.31. The molecule has 1 fully saturated rings. The van der Waals surface area contributed by atoms with Crippen molar-refractivity contribution in [1.82, 2.24) is 5.32 Å². The zero-order chi connectivity index (χ0) is 18.1. The second-order valence-electron chi connectivity index (χ2n) is 7.62. The summed E-state index contributed by atoms with van der Waals surface area (Å²) in [6.45, 7) is 7.22. The van der Waals surface area contributed by atoms with E-state index < -0.39 is 29.6 Å². The maximum Gasteiger partial charge on any atom is 0.408 e. The van der Waals surface area contributed by atoms with Crippen molar-refractivity contribution >= 4 is 23.7 Å². The second kappa shape index (κ2) is 6.63. The lowest BCUT2D eigenvalue weighted by Gasteiger charge is -2.31. The van der Waals surface area contributed by atoms with Gasteiger partial charge in [-0.3, -0.25) is 0 Å². The smallest absolute Gasteiger partial charge is 0.408 e. The first-order chi connectivity index (χ1) is 11.0. The zero-order valence-corrected chi connectivity index (χ0v) is 15.2. The SMILES string of the molecule is CC(C)(C)OC(=O)N[C@H](C(=O)O)[C@H](c1ccccc1Cl)C1(C)CC1. The Labute approximate surface area is 147 Å². The van der Waals surface area contributed by atoms with Crippen LogP contribution in [0, 0.1) is 5.41 Å². The molecule has 0 heterocycles. The predicted octanol–water partition coefficient (Wildman–Crippen LogP) is 4.20. The number of halogens is 1. The molecule has 0 unspecified atom stereocenters. The van der Waals surface area contributed by atoms with E-state index in [1.54, 1.807) is 32.9 Å². The van der Waals surface area contributed by atoms with Crippen LogP contribution in [0.3, 0.4) is 0 Å². The third-order valence-electron chi connectivity index (χ3n) is 4.30. The van der Waals surface area contributed by atoms with Crippen LogP contribution in [0.15, 0.2) is 24.3 Å². The van der Waals surface area contributed by atoms with Gasteiger partial charge >= 0.3 is 12.1 Å². The molecule has 2 N–H and O–H groups in total. The number of rotatable bonds is 5. The molecule has 1 aliphatic rings. The van der Waals surface area contributed by atoms with E-state index in [1.165, 1.54) is 0 Å². The Kier molecular flexibility index (Phi) is 5.14. The maximum atomic E-state index is 12.1. The van der Waals surface area contributed by atoms with Crippen LogP contribution < -0.4 is 5.32 Å². The Morgan fingerprint density at radius 1 is 1.29 bits per heavy atom. The third kappa shape index (κ3) is 4.41. The topological polar surface area (TPSA) is 75.6 Å². The molecule has 0 spiro atoms. The summed E-state index contributed by atoms with van der Waals surface area (Å²) in [5.41, 5.74) is -0.165. The number of hydrogen-bond donors (Lipinski definition) is 2. The Bertz CT molecular complexity index is 634. The van der Waals surface area contributed by atoms with Crippen LogP contribution in [-0.4, -0.2) is 28.8 Å². The molecule has 0 aliphatic heterocycles. The van der Waals surface area contributed by atoms with Crippen molar-refractivity contribution < 1.29 is 19.4 Å². The zero-order valence-electron chi connectivity index (χ0n) is 14.4. The van der Waals surface area contributed by atoms with Crippen LogP contribution in [0.2, 0.25) is 5.02 Å². The highest BCUT2D eigenvalue weighted by Crippen LogP contribution is 2.57. The minimum Gasteiger partial charge on any atom is -0.480 e. The van der Waals surface area contributed by atoms with Gasteiger partial charge in [0.1, 0.15) is 11.6 Å². The van der Waals surface area contributed by atoms with Crippen molar-refractivity contribution in [2.45, 2.75) is 58.1 Å². The first kappa shape index (κ1) is 18.6. The quantitative estimate of drug-likeness (QED) is 0.831. The van der Waals surface area contributed by atoms with E-state index >= 15 is 0 Å². The number of carboxylic acid groups (broad SMARTS) is 1. The molecular formula is C18H24ClNO4. The van der Waals surface area contributed by atoms with Gasteiger partial charge in [0.15, 0.2) is 0 Å². The van der Waals surface area contributed by atoms with Crippen molar-refractivity contribution in [3.63, 3.8) is 0 Å². The minimum absolute atomic E-state index is 0.205. The molecule has 0 radical (unpaired) electrons. The fourth-order valence-electron chi connectivity index (χ4n) is 2.92. The van der Waals surface area contributed by atoms with Crippen LogP contribution in [0.25, 0.3) is 0 Å². The highest BCUT2D eigenvalue weighted by Gasteiger charge is 2.52. The maximum absolute atomic E-state index is 12.1. The van der Waals surface area contributed by atoms with Crippen LogP contribution in [0.1, 0.15) is 52.0 Å². The molecule has 132 valence electrons. The molecule has 2 rings (SSSR count). The Morgan fingerprint density at radius 3 is 2.33 bits per heavy atom. The van der Waals surface area contributed by atoms with E-state index in [4.69, 9.17) is 16.3 Å². The highest BCUT2D eigenvalue weighted by atomic mass is 35.5. The average Bonchev–Trinajstić information content (AvgIpc) is 3.16. The molecule has 5 nitrogen and oxygen atoms in total. The summed E-state index contributed by atoms with van der Waals surface area (Å²) in [5, 5.41) is 12.8. The van der Waals surface area contributed by atoms with E-state index in [1.807, 2.05) is 19.1 Å². The van der Waals surface area contributed by atoms with Gasteiger partial charge in [-0.15, -0.1) is 0 Å². The van der Waals surface area contributed by atoms with Crippen LogP contribution in [0.4, 0.5) is 4.79 Å². The summed E-state index contributed by atoms with van der Waals surface area (Å²) in [4.78, 5) is 24.0. The summed E-state index contributed by atoms with van der Waals surface area (Å²) in [6, 6.07) is 6.08. The Balaban J connectivity index is 2.33. The molecular weight excluding hydrogens is 330 g/mol. The first-order valence-electron chi connectivity index (χ1n) is 8.00. The second-order valence-corrected chi connectivity index (χ2v) is 8.02. The predicted molar refractivity (Wildman–Crippen MR) is 92.3 cm³/mol. The lowest BCUT2D eigenvalue weighted by atomic mass is 9.79. The highest BCUT2D eigenvalue weighted by molar-refractivity contribution is 6.31. The van der Waals surface area contributed by atoms with E-state index in [0.717, 1.165) is 18.4 Å². The fraction of sp³-hybridized carbons (Fsp3) is 0.556. The lowest BCUT2D eigenvalue weighted by Crippen LogP contribution is -2.48. The van der Waals surface area contributed by atoms with Gasteiger partial charge in [0.2, 0.25) is 0 Å². The molecule has 1 aromatic rings. The number of amides is 1. The van der Waals surface area contributed by atoms with Gasteiger partial charge in [0.25, 0.3) is 0 Å². The number of aliphatic carboxylic acids is 1. The summed E-state index contributed by atoms with van der Waals surface area (Å²) in [6.07, 6.45) is 1.04. The van der Waals surface area contributed by atoms with Gasteiger partial charge in [-0.2, -0.15) is 0 Å². The molecule has 1 aliphatic carbocycles. The molecule has 0 aromatic heterocycles. The molecule has 1 amide bonds. The van der Waals surface area contributed by atoms with Gasteiger partial charge in [0, 0.05) is 10.9 Å². The lowest BCUT2D eigenvalue weighted by molar-refractivity contribution is -0.140. The summed E-state index contributed by atoms with van der Waals surface area (Å²) in [5.74, 6) is -1.52. The average molecular weight is 354 g/mol. The number of nitrogens with one attached hydrogen (secondary N) is 1. The van der Waals surface area contributed by atoms with Crippen molar-refractivity contribution in [2.24, 2.45) is 5.41 Å². The number of alkyl carbamates (subject to hydrolysis) is 1. The third-order valence-corrected chi connectivity index (χ3v) is 4.65. The summed E-state index contributed by atoms with van der Waals surface area (Å²) in [7, 11) is 0. The van der Waals surface area contributed by atoms with Gasteiger partial charge in [0.05, 0.1) is 0 Å². The van der Waals surface area contributed by atoms with E-state index in [-0.39, 0.29) is 5.41 Å². The standard InChI is InChI=1S/C18H24ClNO4/c1-17(2,3)24-16(23)20-14(15(21)22)13(18(4)9-10-18)11-7-5-6-8-12(11)19/h5-8,13-14H,9-10H2,1-4H3,(H,20,23)(H,21,22)/t13-,14-/m0/s1. The normalized spacial score (nSPS) is 18.4. The number of carbonyl (C=O) groups excluding carboxylic acids is 1. The molecule has 2 atom stereocenters. The summed E-state index contributed by atoms with van der Waals surface area (Å²) < 4.78 is 5.22. The number of ether oxygens (including phenoxy) is 1. The molecule has 1 aromatic carbocycles.